The van der Waals surface area contributed by atoms with Crippen LogP contribution in [0.2, 0.25) is 0 Å². The van der Waals surface area contributed by atoms with Crippen LogP contribution in [0.1, 0.15) is 25.3 Å². The molecule has 1 N–H and O–H groups in total. The maximum Gasteiger partial charge on any atom is 0.243 e. The van der Waals surface area contributed by atoms with E-state index in [4.69, 9.17) is 5.11 Å². The van der Waals surface area contributed by atoms with Gasteiger partial charge >= 0.3 is 0 Å². The molecule has 106 valence electrons. The van der Waals surface area contributed by atoms with Crippen LogP contribution in [0.4, 0.5) is 0 Å². The van der Waals surface area contributed by atoms with Crippen molar-refractivity contribution in [2.24, 2.45) is 5.92 Å². The fourth-order valence-corrected chi connectivity index (χ4v) is 3.95. The minimum absolute atomic E-state index is 0.152. The van der Waals surface area contributed by atoms with Gasteiger partial charge in [-0.15, -0.1) is 0 Å². The second-order valence-electron chi connectivity index (χ2n) is 5.03. The van der Waals surface area contributed by atoms with Crippen LogP contribution in [0.25, 0.3) is 0 Å². The average molecular weight is 283 g/mol. The van der Waals surface area contributed by atoms with Crippen molar-refractivity contribution in [1.82, 2.24) is 4.31 Å². The van der Waals surface area contributed by atoms with Gasteiger partial charge in [0, 0.05) is 19.7 Å². The molecule has 0 atom stereocenters. The number of hydrogen-bond acceptors (Lipinski definition) is 3. The summed E-state index contributed by atoms with van der Waals surface area (Å²) >= 11 is 0. The summed E-state index contributed by atoms with van der Waals surface area (Å²) in [6, 6.07) is 7.16. The van der Waals surface area contributed by atoms with Crippen molar-refractivity contribution in [2.45, 2.75) is 31.1 Å². The fraction of sp³-hybridized carbons (Fsp3) is 0.571. The molecule has 0 aromatic heterocycles. The molecule has 1 heterocycles. The predicted molar refractivity (Wildman–Crippen MR) is 74.4 cm³/mol. The Morgan fingerprint density at radius 2 is 2.00 bits per heavy atom. The first kappa shape index (κ1) is 14.5. The first-order valence-electron chi connectivity index (χ1n) is 6.78. The third kappa shape index (κ3) is 3.16. The molecule has 4 nitrogen and oxygen atoms in total. The molecule has 0 bridgehead atoms. The van der Waals surface area contributed by atoms with E-state index in [1.165, 1.54) is 4.31 Å². The summed E-state index contributed by atoms with van der Waals surface area (Å²) in [7, 11) is -3.37. The predicted octanol–water partition coefficient (Wildman–Crippen LogP) is 1.64. The minimum Gasteiger partial charge on any atom is -0.396 e. The molecule has 0 radical (unpaired) electrons. The van der Waals surface area contributed by atoms with E-state index >= 15 is 0 Å². The van der Waals surface area contributed by atoms with Gasteiger partial charge in [0.05, 0.1) is 4.90 Å². The molecule has 1 fully saturated rings. The number of aryl methyl sites for hydroxylation is 1. The van der Waals surface area contributed by atoms with Gasteiger partial charge in [-0.1, -0.05) is 19.1 Å². The van der Waals surface area contributed by atoms with Crippen LogP contribution >= 0.6 is 0 Å². The summed E-state index contributed by atoms with van der Waals surface area (Å²) in [4.78, 5) is 0.384. The Hall–Kier alpha value is -0.910. The van der Waals surface area contributed by atoms with E-state index in [9.17, 15) is 8.42 Å². The molecule has 5 heteroatoms. The van der Waals surface area contributed by atoms with Gasteiger partial charge in [0.25, 0.3) is 0 Å². The van der Waals surface area contributed by atoms with Crippen LogP contribution in [0.15, 0.2) is 29.2 Å². The summed E-state index contributed by atoms with van der Waals surface area (Å²) in [6.07, 6.45) is 2.31. The maximum atomic E-state index is 12.5. The lowest BCUT2D eigenvalue weighted by Crippen LogP contribution is -2.39. The molecular weight excluding hydrogens is 262 g/mol. The van der Waals surface area contributed by atoms with Crippen molar-refractivity contribution >= 4 is 10.0 Å². The lowest BCUT2D eigenvalue weighted by Gasteiger charge is -2.30. The van der Waals surface area contributed by atoms with E-state index in [1.807, 2.05) is 13.0 Å². The molecule has 0 aliphatic carbocycles. The highest BCUT2D eigenvalue weighted by molar-refractivity contribution is 7.89. The summed E-state index contributed by atoms with van der Waals surface area (Å²) in [5.74, 6) is 0.244. The van der Waals surface area contributed by atoms with Crippen molar-refractivity contribution in [3.8, 4) is 0 Å². The van der Waals surface area contributed by atoms with Crippen molar-refractivity contribution in [2.75, 3.05) is 19.7 Å². The van der Waals surface area contributed by atoms with Gasteiger partial charge in [-0.3, -0.25) is 0 Å². The monoisotopic (exact) mass is 283 g/mol. The van der Waals surface area contributed by atoms with E-state index < -0.39 is 10.0 Å². The fourth-order valence-electron chi connectivity index (χ4n) is 2.41. The minimum atomic E-state index is -3.37. The van der Waals surface area contributed by atoms with Gasteiger partial charge in [0.2, 0.25) is 10.0 Å². The third-order valence-electron chi connectivity index (χ3n) is 3.78. The summed E-state index contributed by atoms with van der Waals surface area (Å²) in [5, 5.41) is 9.10. The Kier molecular flexibility index (Phi) is 4.60. The van der Waals surface area contributed by atoms with Crippen molar-refractivity contribution in [1.29, 1.82) is 0 Å². The molecule has 1 aliphatic heterocycles. The molecule has 1 saturated heterocycles. The molecule has 0 unspecified atom stereocenters. The summed E-state index contributed by atoms with van der Waals surface area (Å²) in [5.41, 5.74) is 1.03. The Morgan fingerprint density at radius 3 is 2.58 bits per heavy atom. The first-order chi connectivity index (χ1) is 9.07. The van der Waals surface area contributed by atoms with Crippen molar-refractivity contribution in [3.05, 3.63) is 29.8 Å². The van der Waals surface area contributed by atoms with Crippen LogP contribution in [-0.4, -0.2) is 37.5 Å². The average Bonchev–Trinajstić information content (AvgIpc) is 2.47. The van der Waals surface area contributed by atoms with Crippen LogP contribution in [0, 0.1) is 5.92 Å². The zero-order chi connectivity index (χ0) is 13.9. The number of benzene rings is 1. The number of rotatable bonds is 4. The van der Waals surface area contributed by atoms with Gasteiger partial charge in [-0.25, -0.2) is 8.42 Å². The number of piperidine rings is 1. The Labute approximate surface area is 115 Å². The summed E-state index contributed by atoms with van der Waals surface area (Å²) < 4.78 is 26.6. The van der Waals surface area contributed by atoms with E-state index in [2.05, 4.69) is 0 Å². The van der Waals surface area contributed by atoms with Gasteiger partial charge in [-0.05, 0) is 42.9 Å². The van der Waals surface area contributed by atoms with E-state index in [0.29, 0.717) is 18.0 Å². The Balaban J connectivity index is 2.18. The number of sulfonamides is 1. The molecular formula is C14H21NO3S. The van der Waals surface area contributed by atoms with Gasteiger partial charge in [-0.2, -0.15) is 4.31 Å². The van der Waals surface area contributed by atoms with Crippen LogP contribution in [0.3, 0.4) is 0 Å². The zero-order valence-corrected chi connectivity index (χ0v) is 12.1. The smallest absolute Gasteiger partial charge is 0.243 e. The van der Waals surface area contributed by atoms with Crippen molar-refractivity contribution < 1.29 is 13.5 Å². The molecule has 0 saturated carbocycles. The normalized spacial score (nSPS) is 18.6. The second kappa shape index (κ2) is 6.03. The highest BCUT2D eigenvalue weighted by atomic mass is 32.2. The standard InChI is InChI=1S/C14H21NO3S/c1-2-12-4-3-5-14(10-12)19(17,18)15-8-6-13(11-16)7-9-15/h3-5,10,13,16H,2,6-9,11H2,1H3. The number of hydrogen-bond donors (Lipinski definition) is 1. The third-order valence-corrected chi connectivity index (χ3v) is 5.67. The number of aliphatic hydroxyl groups excluding tert-OH is 1. The Morgan fingerprint density at radius 1 is 1.32 bits per heavy atom. The largest absolute Gasteiger partial charge is 0.396 e. The van der Waals surface area contributed by atoms with Crippen LogP contribution < -0.4 is 0 Å². The molecule has 19 heavy (non-hydrogen) atoms. The van der Waals surface area contributed by atoms with Crippen LogP contribution in [-0.2, 0) is 16.4 Å². The van der Waals surface area contributed by atoms with E-state index in [1.54, 1.807) is 18.2 Å². The molecule has 1 aromatic rings. The SMILES string of the molecule is CCc1cccc(S(=O)(=O)N2CCC(CO)CC2)c1. The molecule has 0 amide bonds. The Bertz CT molecular complexity index is 519. The van der Waals surface area contributed by atoms with E-state index in [-0.39, 0.29) is 12.5 Å². The van der Waals surface area contributed by atoms with Gasteiger partial charge in [0.15, 0.2) is 0 Å². The number of aliphatic hydroxyl groups is 1. The highest BCUT2D eigenvalue weighted by Gasteiger charge is 2.29. The second-order valence-corrected chi connectivity index (χ2v) is 6.97. The topological polar surface area (TPSA) is 57.6 Å². The lowest BCUT2D eigenvalue weighted by atomic mass is 10.00. The number of nitrogens with zero attached hydrogens (tertiary/aromatic N) is 1. The molecule has 2 rings (SSSR count). The lowest BCUT2D eigenvalue weighted by molar-refractivity contribution is 0.170. The first-order valence-corrected chi connectivity index (χ1v) is 8.22. The highest BCUT2D eigenvalue weighted by Crippen LogP contribution is 2.24. The molecule has 0 spiro atoms. The molecule has 1 aromatic carbocycles. The molecule has 1 aliphatic rings. The zero-order valence-electron chi connectivity index (χ0n) is 11.2. The quantitative estimate of drug-likeness (QED) is 0.914. The van der Waals surface area contributed by atoms with Crippen LogP contribution in [0.5, 0.6) is 0 Å². The maximum absolute atomic E-state index is 12.5. The van der Waals surface area contributed by atoms with Crippen molar-refractivity contribution in [3.63, 3.8) is 0 Å². The van der Waals surface area contributed by atoms with Gasteiger partial charge < -0.3 is 5.11 Å². The summed E-state index contributed by atoms with van der Waals surface area (Å²) in [6.45, 7) is 3.17. The van der Waals surface area contributed by atoms with E-state index in [0.717, 1.165) is 24.8 Å². The van der Waals surface area contributed by atoms with Gasteiger partial charge in [0.1, 0.15) is 0 Å².